The third-order valence-electron chi connectivity index (χ3n) is 4.14. The van der Waals surface area contributed by atoms with Gasteiger partial charge in [0.25, 0.3) is 11.8 Å². The van der Waals surface area contributed by atoms with Crippen LogP contribution in [0.5, 0.6) is 5.75 Å². The summed E-state index contributed by atoms with van der Waals surface area (Å²) < 4.78 is 5.61. The smallest absolute Gasteiger partial charge is 0.266 e. The maximum Gasteiger partial charge on any atom is 0.266 e. The Balaban J connectivity index is 1.75. The average molecular weight is 466 g/mol. The second-order valence-corrected chi connectivity index (χ2v) is 7.39. The number of halogens is 2. The van der Waals surface area contributed by atoms with Gasteiger partial charge in [0.1, 0.15) is 17.4 Å². The van der Waals surface area contributed by atoms with Crippen LogP contribution in [0.2, 0.25) is 10.0 Å². The van der Waals surface area contributed by atoms with E-state index in [0.29, 0.717) is 32.7 Å². The molecule has 0 aliphatic rings. The molecule has 3 aromatic carbocycles. The second kappa shape index (κ2) is 11.0. The van der Waals surface area contributed by atoms with Crippen LogP contribution in [0.15, 0.2) is 78.4 Å². The molecule has 0 spiro atoms. The Hall–Kier alpha value is -3.79. The van der Waals surface area contributed by atoms with Crippen LogP contribution < -0.4 is 15.4 Å². The van der Waals surface area contributed by atoms with E-state index >= 15 is 0 Å². The molecule has 3 rings (SSSR count). The van der Waals surface area contributed by atoms with Gasteiger partial charge in [-0.05, 0) is 54.6 Å². The minimum Gasteiger partial charge on any atom is -0.483 e. The molecule has 0 unspecified atom stereocenters. The van der Waals surface area contributed by atoms with E-state index in [0.717, 1.165) is 0 Å². The van der Waals surface area contributed by atoms with Crippen LogP contribution in [-0.4, -0.2) is 18.4 Å². The summed E-state index contributed by atoms with van der Waals surface area (Å²) in [5.74, 6) is -0.691. The highest BCUT2D eigenvalue weighted by molar-refractivity contribution is 6.31. The van der Waals surface area contributed by atoms with Gasteiger partial charge < -0.3 is 15.4 Å². The van der Waals surface area contributed by atoms with Gasteiger partial charge in [-0.1, -0.05) is 47.5 Å². The predicted molar refractivity (Wildman–Crippen MR) is 126 cm³/mol. The van der Waals surface area contributed by atoms with Gasteiger partial charge in [-0.25, -0.2) is 0 Å². The number of nitrogens with zero attached hydrogens (tertiary/aromatic N) is 1. The van der Waals surface area contributed by atoms with Crippen molar-refractivity contribution in [3.63, 3.8) is 0 Å². The summed E-state index contributed by atoms with van der Waals surface area (Å²) in [6.45, 7) is -0.270. The molecule has 32 heavy (non-hydrogen) atoms. The molecule has 0 radical (unpaired) electrons. The maximum atomic E-state index is 12.5. The fourth-order valence-electron chi connectivity index (χ4n) is 2.69. The van der Waals surface area contributed by atoms with Crippen LogP contribution in [0.1, 0.15) is 5.56 Å². The quantitative estimate of drug-likeness (QED) is 0.353. The molecule has 0 saturated carbocycles. The van der Waals surface area contributed by atoms with Crippen LogP contribution in [0, 0.1) is 11.3 Å². The maximum absolute atomic E-state index is 12.5. The van der Waals surface area contributed by atoms with Crippen molar-refractivity contribution in [1.82, 2.24) is 0 Å². The molecule has 2 amide bonds. The SMILES string of the molecule is N#C/C(=C\c1cc(Cl)ccc1OCC(=O)Nc1ccccc1)C(=O)Nc1cccc(Cl)c1. The van der Waals surface area contributed by atoms with E-state index in [4.69, 9.17) is 27.9 Å². The molecule has 8 heteroatoms. The molecule has 160 valence electrons. The topological polar surface area (TPSA) is 91.2 Å². The highest BCUT2D eigenvalue weighted by atomic mass is 35.5. The van der Waals surface area contributed by atoms with E-state index in [1.54, 1.807) is 60.7 Å². The van der Waals surface area contributed by atoms with Gasteiger partial charge in [0.15, 0.2) is 6.61 Å². The van der Waals surface area contributed by atoms with Crippen molar-refractivity contribution in [1.29, 1.82) is 5.26 Å². The Morgan fingerprint density at radius 1 is 0.906 bits per heavy atom. The summed E-state index contributed by atoms with van der Waals surface area (Å²) in [6.07, 6.45) is 1.34. The van der Waals surface area contributed by atoms with Gasteiger partial charge in [-0.2, -0.15) is 5.26 Å². The zero-order valence-corrected chi connectivity index (χ0v) is 18.2. The Kier molecular flexibility index (Phi) is 7.87. The number of nitriles is 1. The van der Waals surface area contributed by atoms with Crippen LogP contribution in [-0.2, 0) is 9.59 Å². The monoisotopic (exact) mass is 465 g/mol. The molecular formula is C24H17Cl2N3O3. The van der Waals surface area contributed by atoms with Crippen molar-refractivity contribution in [2.24, 2.45) is 0 Å². The van der Waals surface area contributed by atoms with Gasteiger partial charge >= 0.3 is 0 Å². The lowest BCUT2D eigenvalue weighted by Crippen LogP contribution is -2.20. The molecule has 0 atom stereocenters. The molecule has 0 saturated heterocycles. The largest absolute Gasteiger partial charge is 0.483 e. The Bertz CT molecular complexity index is 1200. The lowest BCUT2D eigenvalue weighted by molar-refractivity contribution is -0.118. The van der Waals surface area contributed by atoms with Crippen LogP contribution in [0.3, 0.4) is 0 Å². The molecular weight excluding hydrogens is 449 g/mol. The summed E-state index contributed by atoms with van der Waals surface area (Å²) in [5, 5.41) is 15.6. The van der Waals surface area contributed by atoms with Gasteiger partial charge in [0.05, 0.1) is 0 Å². The number of para-hydroxylation sites is 1. The number of carbonyl (C=O) groups excluding carboxylic acids is 2. The van der Waals surface area contributed by atoms with Crippen molar-refractivity contribution >= 4 is 52.5 Å². The molecule has 0 heterocycles. The first-order valence-corrected chi connectivity index (χ1v) is 10.2. The van der Waals surface area contributed by atoms with E-state index in [2.05, 4.69) is 10.6 Å². The summed E-state index contributed by atoms with van der Waals surface area (Å²) in [6, 6.07) is 22.1. The molecule has 3 aromatic rings. The van der Waals surface area contributed by atoms with Crippen molar-refractivity contribution in [3.05, 3.63) is 94.0 Å². The number of hydrogen-bond donors (Lipinski definition) is 2. The van der Waals surface area contributed by atoms with Gasteiger partial charge in [0.2, 0.25) is 0 Å². The number of anilines is 2. The summed E-state index contributed by atoms with van der Waals surface area (Å²) >= 11 is 12.0. The average Bonchev–Trinajstić information content (AvgIpc) is 2.77. The van der Waals surface area contributed by atoms with E-state index in [1.807, 2.05) is 12.1 Å². The summed E-state index contributed by atoms with van der Waals surface area (Å²) in [5.41, 5.74) is 1.29. The number of amides is 2. The Morgan fingerprint density at radius 2 is 1.62 bits per heavy atom. The summed E-state index contributed by atoms with van der Waals surface area (Å²) in [7, 11) is 0. The molecule has 0 bridgehead atoms. The lowest BCUT2D eigenvalue weighted by atomic mass is 10.1. The minimum atomic E-state index is -0.623. The first-order chi connectivity index (χ1) is 15.4. The van der Waals surface area contributed by atoms with Crippen molar-refractivity contribution < 1.29 is 14.3 Å². The van der Waals surface area contributed by atoms with Crippen molar-refractivity contribution in [3.8, 4) is 11.8 Å². The zero-order valence-electron chi connectivity index (χ0n) is 16.6. The zero-order chi connectivity index (χ0) is 22.9. The highest BCUT2D eigenvalue weighted by Gasteiger charge is 2.13. The number of carbonyl (C=O) groups is 2. The summed E-state index contributed by atoms with van der Waals surface area (Å²) in [4.78, 5) is 24.7. The van der Waals surface area contributed by atoms with Crippen LogP contribution in [0.4, 0.5) is 11.4 Å². The highest BCUT2D eigenvalue weighted by Crippen LogP contribution is 2.26. The molecule has 0 fully saturated rings. The minimum absolute atomic E-state index is 0.175. The fourth-order valence-corrected chi connectivity index (χ4v) is 3.07. The van der Waals surface area contributed by atoms with Crippen molar-refractivity contribution in [2.75, 3.05) is 17.2 Å². The second-order valence-electron chi connectivity index (χ2n) is 6.52. The molecule has 0 aliphatic heterocycles. The van der Waals surface area contributed by atoms with Crippen LogP contribution in [0.25, 0.3) is 6.08 Å². The van der Waals surface area contributed by atoms with E-state index in [9.17, 15) is 14.9 Å². The number of benzene rings is 3. The first-order valence-electron chi connectivity index (χ1n) is 9.40. The Morgan fingerprint density at radius 3 is 2.34 bits per heavy atom. The lowest BCUT2D eigenvalue weighted by Gasteiger charge is -2.11. The molecule has 2 N–H and O–H groups in total. The number of nitrogens with one attached hydrogen (secondary N) is 2. The van der Waals surface area contributed by atoms with Crippen LogP contribution >= 0.6 is 23.2 Å². The first kappa shape index (κ1) is 22.9. The standard InChI is InChI=1S/C24H17Cl2N3O3/c25-18-5-4-8-21(13-18)29-24(31)17(14-27)11-16-12-19(26)9-10-22(16)32-15-23(30)28-20-6-2-1-3-7-20/h1-13H,15H2,(H,28,30)(H,29,31)/b17-11+. The van der Waals surface area contributed by atoms with E-state index in [1.165, 1.54) is 12.1 Å². The number of ether oxygens (including phenoxy) is 1. The number of hydrogen-bond acceptors (Lipinski definition) is 4. The molecule has 0 aliphatic carbocycles. The Labute approximate surface area is 195 Å². The van der Waals surface area contributed by atoms with E-state index < -0.39 is 5.91 Å². The van der Waals surface area contributed by atoms with Gasteiger partial charge in [0, 0.05) is 27.0 Å². The normalized spacial score (nSPS) is 10.7. The molecule has 0 aromatic heterocycles. The molecule has 6 nitrogen and oxygen atoms in total. The third kappa shape index (κ3) is 6.61. The van der Waals surface area contributed by atoms with Gasteiger partial charge in [-0.3, -0.25) is 9.59 Å². The third-order valence-corrected chi connectivity index (χ3v) is 4.61. The van der Waals surface area contributed by atoms with Crippen molar-refractivity contribution in [2.45, 2.75) is 0 Å². The predicted octanol–water partition coefficient (Wildman–Crippen LogP) is 5.56. The fraction of sp³-hybridized carbons (Fsp3) is 0.0417. The van der Waals surface area contributed by atoms with E-state index in [-0.39, 0.29) is 18.1 Å². The van der Waals surface area contributed by atoms with Gasteiger partial charge in [-0.15, -0.1) is 0 Å². The number of rotatable bonds is 7.